The van der Waals surface area contributed by atoms with Crippen LogP contribution in [0, 0.1) is 11.3 Å². The summed E-state index contributed by atoms with van der Waals surface area (Å²) in [5.41, 5.74) is 7.47. The summed E-state index contributed by atoms with van der Waals surface area (Å²) in [6, 6.07) is 2.17. The Bertz CT molecular complexity index is 338. The van der Waals surface area contributed by atoms with Crippen molar-refractivity contribution in [3.8, 4) is 6.07 Å². The van der Waals surface area contributed by atoms with Crippen molar-refractivity contribution in [2.45, 2.75) is 19.3 Å². The Balaban J connectivity index is 2.98. The zero-order valence-corrected chi connectivity index (χ0v) is 9.32. The van der Waals surface area contributed by atoms with Gasteiger partial charge in [0.1, 0.15) is 11.1 Å². The number of nitrogens with one attached hydrogen (secondary N) is 1. The summed E-state index contributed by atoms with van der Waals surface area (Å²) in [5.74, 6) is 0.392. The van der Waals surface area contributed by atoms with Crippen molar-refractivity contribution >= 4 is 16.3 Å². The second-order valence-electron chi connectivity index (χ2n) is 3.20. The van der Waals surface area contributed by atoms with Gasteiger partial charge in [0.2, 0.25) is 0 Å². The molecule has 1 aromatic heterocycles. The van der Waals surface area contributed by atoms with Crippen LogP contribution >= 0.6 is 11.3 Å². The van der Waals surface area contributed by atoms with E-state index in [9.17, 15) is 0 Å². The van der Waals surface area contributed by atoms with Crippen molar-refractivity contribution in [3.63, 3.8) is 0 Å². The molecule has 76 valence electrons. The van der Waals surface area contributed by atoms with Crippen LogP contribution in [0.25, 0.3) is 0 Å². The van der Waals surface area contributed by atoms with Crippen LogP contribution < -0.4 is 11.1 Å². The molecule has 14 heavy (non-hydrogen) atoms. The molecule has 1 atom stereocenters. The van der Waals surface area contributed by atoms with E-state index in [4.69, 9.17) is 11.0 Å². The van der Waals surface area contributed by atoms with Crippen molar-refractivity contribution in [1.29, 1.82) is 5.26 Å². The molecule has 1 unspecified atom stereocenters. The maximum Gasteiger partial charge on any atom is 0.104 e. The van der Waals surface area contributed by atoms with Gasteiger partial charge in [-0.1, -0.05) is 6.92 Å². The van der Waals surface area contributed by atoms with Gasteiger partial charge in [-0.2, -0.15) is 5.26 Å². The van der Waals surface area contributed by atoms with Gasteiger partial charge in [0.25, 0.3) is 0 Å². The van der Waals surface area contributed by atoms with Crippen molar-refractivity contribution in [1.82, 2.24) is 5.32 Å². The van der Waals surface area contributed by atoms with E-state index < -0.39 is 0 Å². The minimum absolute atomic E-state index is 0.392. The van der Waals surface area contributed by atoms with Crippen LogP contribution in [-0.4, -0.2) is 13.6 Å². The summed E-state index contributed by atoms with van der Waals surface area (Å²) in [4.78, 5) is 0. The van der Waals surface area contributed by atoms with E-state index in [1.54, 1.807) is 0 Å². The van der Waals surface area contributed by atoms with E-state index in [0.29, 0.717) is 16.5 Å². The number of anilines is 1. The maximum absolute atomic E-state index is 8.96. The summed E-state index contributed by atoms with van der Waals surface area (Å²) in [6.45, 7) is 3.01. The Morgan fingerprint density at radius 1 is 1.71 bits per heavy atom. The smallest absolute Gasteiger partial charge is 0.104 e. The van der Waals surface area contributed by atoms with Gasteiger partial charge in [0.05, 0.1) is 5.56 Å². The van der Waals surface area contributed by atoms with Gasteiger partial charge in [0, 0.05) is 6.54 Å². The van der Waals surface area contributed by atoms with Crippen LogP contribution in [0.3, 0.4) is 0 Å². The fourth-order valence-corrected chi connectivity index (χ4v) is 2.37. The molecule has 3 N–H and O–H groups in total. The monoisotopic (exact) mass is 209 g/mol. The van der Waals surface area contributed by atoms with Crippen LogP contribution in [0.15, 0.2) is 5.38 Å². The minimum Gasteiger partial charge on any atom is -0.389 e. The lowest BCUT2D eigenvalue weighted by Crippen LogP contribution is -2.16. The van der Waals surface area contributed by atoms with E-state index in [1.165, 1.54) is 11.3 Å². The lowest BCUT2D eigenvalue weighted by atomic mass is 9.96. The molecule has 0 amide bonds. The number of nitrogen functional groups attached to an aromatic ring is 1. The Morgan fingerprint density at radius 2 is 2.43 bits per heavy atom. The number of nitrogens with zero attached hydrogens (tertiary/aromatic N) is 1. The molecule has 1 rings (SSSR count). The van der Waals surface area contributed by atoms with Crippen molar-refractivity contribution < 1.29 is 0 Å². The molecule has 0 saturated carbocycles. The summed E-state index contributed by atoms with van der Waals surface area (Å²) in [7, 11) is 1.92. The topological polar surface area (TPSA) is 61.8 Å². The largest absolute Gasteiger partial charge is 0.389 e. The van der Waals surface area contributed by atoms with Gasteiger partial charge in [-0.3, -0.25) is 0 Å². The SMILES string of the molecule is CCC(CNC)c1csc(N)c1C#N. The lowest BCUT2D eigenvalue weighted by molar-refractivity contribution is 0.612. The summed E-state index contributed by atoms with van der Waals surface area (Å²) in [6.07, 6.45) is 1.02. The molecule has 1 heterocycles. The highest BCUT2D eigenvalue weighted by Gasteiger charge is 2.16. The molecule has 0 aliphatic heterocycles. The van der Waals surface area contributed by atoms with Crippen LogP contribution in [-0.2, 0) is 0 Å². The molecule has 4 heteroatoms. The average Bonchev–Trinajstić information content (AvgIpc) is 2.56. The fourth-order valence-electron chi connectivity index (χ4n) is 1.53. The van der Waals surface area contributed by atoms with E-state index in [1.807, 2.05) is 12.4 Å². The summed E-state index contributed by atoms with van der Waals surface area (Å²) >= 11 is 1.45. The van der Waals surface area contributed by atoms with Gasteiger partial charge in [0.15, 0.2) is 0 Å². The first-order valence-corrected chi connectivity index (χ1v) is 5.54. The Labute approximate surface area is 88.5 Å². The van der Waals surface area contributed by atoms with E-state index >= 15 is 0 Å². The normalized spacial score (nSPS) is 12.4. The molecule has 0 aliphatic rings. The number of likely N-dealkylation sites (N-methyl/N-ethyl adjacent to an activating group) is 1. The molecule has 0 aliphatic carbocycles. The summed E-state index contributed by atoms with van der Waals surface area (Å²) in [5, 5.41) is 14.7. The molecular weight excluding hydrogens is 194 g/mol. The average molecular weight is 209 g/mol. The zero-order valence-electron chi connectivity index (χ0n) is 8.50. The highest BCUT2D eigenvalue weighted by molar-refractivity contribution is 7.14. The van der Waals surface area contributed by atoms with Crippen LogP contribution in [0.2, 0.25) is 0 Å². The van der Waals surface area contributed by atoms with Gasteiger partial charge >= 0.3 is 0 Å². The number of nitrogens with two attached hydrogens (primary N) is 1. The third-order valence-electron chi connectivity index (χ3n) is 2.34. The first kappa shape index (κ1) is 11.0. The molecule has 0 aromatic carbocycles. The molecule has 0 bridgehead atoms. The molecule has 3 nitrogen and oxygen atoms in total. The number of thiophene rings is 1. The first-order chi connectivity index (χ1) is 6.74. The Kier molecular flexibility index (Phi) is 3.93. The van der Waals surface area contributed by atoms with Crippen LogP contribution in [0.1, 0.15) is 30.4 Å². The highest BCUT2D eigenvalue weighted by Crippen LogP contribution is 2.31. The highest BCUT2D eigenvalue weighted by atomic mass is 32.1. The van der Waals surface area contributed by atoms with Gasteiger partial charge in [-0.05, 0) is 30.3 Å². The summed E-state index contributed by atoms with van der Waals surface area (Å²) < 4.78 is 0. The Morgan fingerprint density at radius 3 is 2.93 bits per heavy atom. The minimum atomic E-state index is 0.392. The van der Waals surface area contributed by atoms with E-state index in [2.05, 4.69) is 18.3 Å². The number of rotatable bonds is 4. The molecular formula is C10H15N3S. The van der Waals surface area contributed by atoms with E-state index in [0.717, 1.165) is 18.5 Å². The van der Waals surface area contributed by atoms with Crippen LogP contribution in [0.4, 0.5) is 5.00 Å². The Hall–Kier alpha value is -1.05. The standard InChI is InChI=1S/C10H15N3S/c1-3-7(5-13-2)9-6-14-10(12)8(9)4-11/h6-7,13H,3,5,12H2,1-2H3. The van der Waals surface area contributed by atoms with E-state index in [-0.39, 0.29) is 0 Å². The first-order valence-electron chi connectivity index (χ1n) is 4.66. The van der Waals surface area contributed by atoms with Gasteiger partial charge in [-0.25, -0.2) is 0 Å². The van der Waals surface area contributed by atoms with Crippen molar-refractivity contribution in [3.05, 3.63) is 16.5 Å². The number of hydrogen-bond acceptors (Lipinski definition) is 4. The van der Waals surface area contributed by atoms with Crippen molar-refractivity contribution in [2.75, 3.05) is 19.3 Å². The molecule has 0 spiro atoms. The quantitative estimate of drug-likeness (QED) is 0.796. The second kappa shape index (κ2) is 4.99. The lowest BCUT2D eigenvalue weighted by Gasteiger charge is -2.13. The molecule has 0 radical (unpaired) electrons. The number of nitriles is 1. The van der Waals surface area contributed by atoms with Crippen molar-refractivity contribution in [2.24, 2.45) is 0 Å². The van der Waals surface area contributed by atoms with Gasteiger partial charge < -0.3 is 11.1 Å². The second-order valence-corrected chi connectivity index (χ2v) is 4.12. The predicted molar refractivity (Wildman–Crippen MR) is 60.4 cm³/mol. The predicted octanol–water partition coefficient (Wildman–Crippen LogP) is 1.91. The third-order valence-corrected chi connectivity index (χ3v) is 3.17. The third kappa shape index (κ3) is 2.06. The molecule has 0 fully saturated rings. The van der Waals surface area contributed by atoms with Gasteiger partial charge in [-0.15, -0.1) is 11.3 Å². The van der Waals surface area contributed by atoms with Crippen LogP contribution in [0.5, 0.6) is 0 Å². The maximum atomic E-state index is 8.96. The molecule has 0 saturated heterocycles. The molecule has 1 aromatic rings. The zero-order chi connectivity index (χ0) is 10.6. The fraction of sp³-hybridized carbons (Fsp3) is 0.500. The number of hydrogen-bond donors (Lipinski definition) is 2.